The molecule has 0 N–H and O–H groups in total. The van der Waals surface area contributed by atoms with Crippen molar-refractivity contribution in [1.29, 1.82) is 0 Å². The van der Waals surface area contributed by atoms with Crippen molar-refractivity contribution in [3.8, 4) is 11.1 Å². The SMILES string of the molecule is C1=C(CC23CC4CC(CC(C4)C2)C3)Cc2cccc(-c3ccc(C45CC6CC(CC(C6)C4)C5)cc3)c21.[Zr]. The van der Waals surface area contributed by atoms with Crippen molar-refractivity contribution in [2.45, 2.75) is 95.3 Å². The fourth-order valence-electron chi connectivity index (χ4n) is 12.3. The van der Waals surface area contributed by atoms with E-state index in [1.165, 1.54) is 81.8 Å². The summed E-state index contributed by atoms with van der Waals surface area (Å²) in [4.78, 5) is 0. The van der Waals surface area contributed by atoms with E-state index in [0.29, 0.717) is 10.8 Å². The molecule has 0 unspecified atom stereocenters. The molecular formula is C36H42Zr. The average Bonchev–Trinajstić information content (AvgIpc) is 3.24. The van der Waals surface area contributed by atoms with Crippen molar-refractivity contribution in [2.24, 2.45) is 40.9 Å². The standard InChI is InChI=1S/C36H42.Zr/c1-2-31-14-29(19-35-16-23-8-24(17-35)10-25(9-23)18-35)15-34(31)33(3-1)30-4-6-32(7-5-30)36-20-26-11-27(21-36)13-28(12-26)22-36;/h1-7,15,23-28H,8-14,16-22H2;. The topological polar surface area (TPSA) is 0 Å². The fourth-order valence-corrected chi connectivity index (χ4v) is 12.3. The molecule has 11 rings (SSSR count). The summed E-state index contributed by atoms with van der Waals surface area (Å²) >= 11 is 0. The van der Waals surface area contributed by atoms with Gasteiger partial charge in [0.25, 0.3) is 0 Å². The summed E-state index contributed by atoms with van der Waals surface area (Å²) in [5.41, 5.74) is 10.6. The number of fused-ring (bicyclic) bond motifs is 1. The summed E-state index contributed by atoms with van der Waals surface area (Å²) in [6.45, 7) is 0. The molecule has 0 amide bonds. The summed E-state index contributed by atoms with van der Waals surface area (Å²) < 4.78 is 0. The molecule has 0 radical (unpaired) electrons. The first kappa shape index (κ1) is 23.9. The Morgan fingerprint density at radius 1 is 0.622 bits per heavy atom. The van der Waals surface area contributed by atoms with E-state index in [1.54, 1.807) is 41.5 Å². The summed E-state index contributed by atoms with van der Waals surface area (Å²) in [5.74, 6) is 6.23. The molecule has 0 saturated heterocycles. The maximum absolute atomic E-state index is 2.64. The van der Waals surface area contributed by atoms with Gasteiger partial charge in [-0.25, -0.2) is 0 Å². The first-order chi connectivity index (χ1) is 17.6. The molecule has 37 heavy (non-hydrogen) atoms. The van der Waals surface area contributed by atoms with E-state index in [9.17, 15) is 0 Å². The minimum absolute atomic E-state index is 0. The molecule has 9 aliphatic rings. The predicted octanol–water partition coefficient (Wildman–Crippen LogP) is 9.36. The summed E-state index contributed by atoms with van der Waals surface area (Å²) in [6, 6.07) is 17.2. The van der Waals surface area contributed by atoms with Crippen LogP contribution in [-0.4, -0.2) is 0 Å². The first-order valence-corrected chi connectivity index (χ1v) is 15.5. The van der Waals surface area contributed by atoms with Gasteiger partial charge in [0.1, 0.15) is 0 Å². The van der Waals surface area contributed by atoms with Gasteiger partial charge < -0.3 is 0 Å². The second kappa shape index (κ2) is 8.53. The van der Waals surface area contributed by atoms with Crippen molar-refractivity contribution in [2.75, 3.05) is 0 Å². The molecule has 0 aliphatic heterocycles. The third-order valence-electron chi connectivity index (χ3n) is 12.6. The Labute approximate surface area is 243 Å². The maximum atomic E-state index is 2.64. The Morgan fingerprint density at radius 3 is 1.73 bits per heavy atom. The van der Waals surface area contributed by atoms with Crippen LogP contribution in [0.4, 0.5) is 0 Å². The van der Waals surface area contributed by atoms with E-state index in [-0.39, 0.29) is 26.2 Å². The van der Waals surface area contributed by atoms with Gasteiger partial charge in [-0.05, 0) is 164 Å². The van der Waals surface area contributed by atoms with Gasteiger partial charge in [0.2, 0.25) is 0 Å². The van der Waals surface area contributed by atoms with Gasteiger partial charge in [0.15, 0.2) is 0 Å². The molecule has 0 nitrogen and oxygen atoms in total. The van der Waals surface area contributed by atoms with Crippen LogP contribution in [0.1, 0.15) is 100 Å². The Balaban J connectivity index is 0.00000215. The van der Waals surface area contributed by atoms with Crippen LogP contribution in [0.2, 0.25) is 0 Å². The van der Waals surface area contributed by atoms with Gasteiger partial charge in [-0.2, -0.15) is 0 Å². The van der Waals surface area contributed by atoms with Crippen LogP contribution in [0, 0.1) is 40.9 Å². The van der Waals surface area contributed by atoms with Crippen LogP contribution in [0.15, 0.2) is 48.0 Å². The Kier molecular flexibility index (Phi) is 5.51. The molecule has 1 heteroatoms. The zero-order valence-electron chi connectivity index (χ0n) is 22.5. The molecule has 2 aromatic rings. The molecule has 0 spiro atoms. The molecular weight excluding hydrogens is 524 g/mol. The number of benzene rings is 2. The van der Waals surface area contributed by atoms with Gasteiger partial charge >= 0.3 is 0 Å². The van der Waals surface area contributed by atoms with E-state index in [0.717, 1.165) is 35.5 Å². The second-order valence-corrected chi connectivity index (χ2v) is 15.2. The van der Waals surface area contributed by atoms with Crippen molar-refractivity contribution in [1.82, 2.24) is 0 Å². The fraction of sp³-hybridized carbons (Fsp3) is 0.611. The third kappa shape index (κ3) is 3.83. The summed E-state index contributed by atoms with van der Waals surface area (Å²) in [5, 5.41) is 0. The molecule has 8 bridgehead atoms. The Hall–Kier alpha value is -0.937. The molecule has 9 aliphatic carbocycles. The van der Waals surface area contributed by atoms with Crippen LogP contribution in [-0.2, 0) is 38.0 Å². The Morgan fingerprint density at radius 2 is 1.16 bits per heavy atom. The summed E-state index contributed by atoms with van der Waals surface area (Å²) in [7, 11) is 0. The number of hydrogen-bond acceptors (Lipinski definition) is 0. The largest absolute Gasteiger partial charge is 0.0646 e. The summed E-state index contributed by atoms with van der Waals surface area (Å²) in [6.07, 6.45) is 23.5. The maximum Gasteiger partial charge on any atom is 0 e. The van der Waals surface area contributed by atoms with Crippen LogP contribution in [0.3, 0.4) is 0 Å². The van der Waals surface area contributed by atoms with Gasteiger partial charge in [0.05, 0.1) is 0 Å². The predicted molar refractivity (Wildman–Crippen MR) is 149 cm³/mol. The minimum atomic E-state index is 0. The normalized spacial score (nSPS) is 42.0. The van der Waals surface area contributed by atoms with Gasteiger partial charge in [-0.3, -0.25) is 0 Å². The van der Waals surface area contributed by atoms with Crippen LogP contribution in [0.25, 0.3) is 17.2 Å². The van der Waals surface area contributed by atoms with Crippen molar-refractivity contribution < 1.29 is 26.2 Å². The Bertz CT molecular complexity index is 1180. The van der Waals surface area contributed by atoms with Crippen molar-refractivity contribution in [3.05, 3.63) is 64.7 Å². The molecule has 0 aromatic heterocycles. The van der Waals surface area contributed by atoms with Gasteiger partial charge in [-0.15, -0.1) is 0 Å². The monoisotopic (exact) mass is 564 g/mol. The van der Waals surface area contributed by atoms with Crippen LogP contribution < -0.4 is 0 Å². The van der Waals surface area contributed by atoms with Gasteiger partial charge in [-0.1, -0.05) is 54.1 Å². The van der Waals surface area contributed by atoms with E-state index >= 15 is 0 Å². The van der Waals surface area contributed by atoms with Crippen molar-refractivity contribution >= 4 is 6.08 Å². The van der Waals surface area contributed by atoms with Crippen LogP contribution >= 0.6 is 0 Å². The van der Waals surface area contributed by atoms with Crippen LogP contribution in [0.5, 0.6) is 0 Å². The van der Waals surface area contributed by atoms with Gasteiger partial charge in [0, 0.05) is 26.2 Å². The number of allylic oxidation sites excluding steroid dienone is 1. The number of rotatable bonds is 4. The molecule has 8 fully saturated rings. The average molecular weight is 566 g/mol. The molecule has 0 atom stereocenters. The first-order valence-electron chi connectivity index (χ1n) is 15.5. The zero-order chi connectivity index (χ0) is 23.5. The molecule has 190 valence electrons. The smallest absolute Gasteiger partial charge is 0 e. The third-order valence-corrected chi connectivity index (χ3v) is 12.6. The molecule has 2 aromatic carbocycles. The van der Waals surface area contributed by atoms with E-state index in [1.807, 2.05) is 0 Å². The molecule has 0 heterocycles. The number of hydrogen-bond donors (Lipinski definition) is 0. The molecule has 8 saturated carbocycles. The van der Waals surface area contributed by atoms with E-state index in [2.05, 4.69) is 48.5 Å². The van der Waals surface area contributed by atoms with E-state index in [4.69, 9.17) is 0 Å². The quantitative estimate of drug-likeness (QED) is 0.346. The minimum Gasteiger partial charge on any atom is -0.0646 e. The van der Waals surface area contributed by atoms with Crippen molar-refractivity contribution in [3.63, 3.8) is 0 Å². The van der Waals surface area contributed by atoms with E-state index < -0.39 is 0 Å². The second-order valence-electron chi connectivity index (χ2n) is 15.2. The zero-order valence-corrected chi connectivity index (χ0v) is 24.9.